The van der Waals surface area contributed by atoms with E-state index in [1.165, 1.54) is 52.6 Å². The lowest BCUT2D eigenvalue weighted by Gasteiger charge is -2.44. The Morgan fingerprint density at radius 1 is 0.771 bits per heavy atom. The summed E-state index contributed by atoms with van der Waals surface area (Å²) in [6.45, 7) is 20.1. The van der Waals surface area contributed by atoms with Crippen LogP contribution in [-0.4, -0.2) is 9.79 Å². The van der Waals surface area contributed by atoms with E-state index < -0.39 is 14.2 Å². The standard InChI is InChI=1S/C31H47O3P/c1-10-11-12-13-14-15-31(34-35(32)33)27-21(2)16-25(29(4,5)6)19-23(27)18-24-20-26(30(7,8)9)17-22(3)28(24)31/h16-17,19-20,32-33H,10-15,18H2,1-9H3. The monoisotopic (exact) mass is 498 g/mol. The minimum absolute atomic E-state index is 0.0352. The van der Waals surface area contributed by atoms with Gasteiger partial charge in [0.1, 0.15) is 5.60 Å². The molecule has 1 aliphatic carbocycles. The number of rotatable bonds is 8. The largest absolute Gasteiger partial charge is 0.328 e. The summed E-state index contributed by atoms with van der Waals surface area (Å²) >= 11 is 0. The van der Waals surface area contributed by atoms with Gasteiger partial charge in [0.2, 0.25) is 0 Å². The highest BCUT2D eigenvalue weighted by Crippen LogP contribution is 2.54. The molecule has 0 saturated carbocycles. The van der Waals surface area contributed by atoms with Crippen LogP contribution < -0.4 is 0 Å². The first-order valence-corrected chi connectivity index (χ1v) is 14.5. The van der Waals surface area contributed by atoms with E-state index in [0.717, 1.165) is 36.8 Å². The predicted octanol–water partition coefficient (Wildman–Crippen LogP) is 8.63. The van der Waals surface area contributed by atoms with Crippen molar-refractivity contribution in [1.29, 1.82) is 0 Å². The molecule has 2 aromatic carbocycles. The van der Waals surface area contributed by atoms with Gasteiger partial charge in [-0.1, -0.05) is 98.4 Å². The molecule has 4 heteroatoms. The molecule has 0 amide bonds. The number of aryl methyl sites for hydroxylation is 2. The van der Waals surface area contributed by atoms with Crippen LogP contribution in [0, 0.1) is 13.8 Å². The smallest absolute Gasteiger partial charge is 0.328 e. The molecule has 0 aromatic heterocycles. The van der Waals surface area contributed by atoms with Crippen LogP contribution in [0.3, 0.4) is 0 Å². The maximum atomic E-state index is 10.3. The van der Waals surface area contributed by atoms with Crippen molar-refractivity contribution in [3.63, 3.8) is 0 Å². The summed E-state index contributed by atoms with van der Waals surface area (Å²) in [6, 6.07) is 9.26. The lowest BCUT2D eigenvalue weighted by atomic mass is 9.67. The van der Waals surface area contributed by atoms with Crippen LogP contribution in [0.2, 0.25) is 0 Å². The predicted molar refractivity (Wildman–Crippen MR) is 149 cm³/mol. The molecule has 0 aliphatic heterocycles. The highest BCUT2D eigenvalue weighted by Gasteiger charge is 2.46. The molecule has 194 valence electrons. The van der Waals surface area contributed by atoms with Gasteiger partial charge < -0.3 is 9.79 Å². The van der Waals surface area contributed by atoms with Gasteiger partial charge >= 0.3 is 8.60 Å². The van der Waals surface area contributed by atoms with E-state index in [9.17, 15) is 9.79 Å². The second-order valence-electron chi connectivity index (χ2n) is 12.7. The lowest BCUT2D eigenvalue weighted by Crippen LogP contribution is -2.38. The van der Waals surface area contributed by atoms with Crippen molar-refractivity contribution in [3.8, 4) is 0 Å². The van der Waals surface area contributed by atoms with Gasteiger partial charge in [0, 0.05) is 0 Å². The molecule has 2 N–H and O–H groups in total. The van der Waals surface area contributed by atoms with Gasteiger partial charge in [-0.25, -0.2) is 0 Å². The topological polar surface area (TPSA) is 49.7 Å². The molecule has 0 fully saturated rings. The fourth-order valence-electron chi connectivity index (χ4n) is 5.86. The number of hydrogen-bond acceptors (Lipinski definition) is 3. The average molecular weight is 499 g/mol. The fourth-order valence-corrected chi connectivity index (χ4v) is 6.41. The van der Waals surface area contributed by atoms with Crippen molar-refractivity contribution in [1.82, 2.24) is 0 Å². The average Bonchev–Trinajstić information content (AvgIpc) is 2.70. The zero-order valence-electron chi connectivity index (χ0n) is 23.5. The molecule has 0 bridgehead atoms. The van der Waals surface area contributed by atoms with Crippen molar-refractivity contribution in [2.45, 2.75) is 124 Å². The van der Waals surface area contributed by atoms with Crippen molar-refractivity contribution < 1.29 is 14.3 Å². The van der Waals surface area contributed by atoms with Crippen LogP contribution >= 0.6 is 8.60 Å². The molecule has 1 aliphatic rings. The molecule has 2 aromatic rings. The van der Waals surface area contributed by atoms with E-state index in [4.69, 9.17) is 4.52 Å². The Hall–Kier alpha value is -1.25. The van der Waals surface area contributed by atoms with Gasteiger partial charge in [-0.05, 0) is 88.4 Å². The molecular formula is C31H47O3P. The van der Waals surface area contributed by atoms with Crippen molar-refractivity contribution in [3.05, 3.63) is 68.8 Å². The summed E-state index contributed by atoms with van der Waals surface area (Å²) in [5, 5.41) is 0. The van der Waals surface area contributed by atoms with E-state index in [2.05, 4.69) is 86.6 Å². The number of fused-ring (bicyclic) bond motifs is 2. The van der Waals surface area contributed by atoms with Crippen LogP contribution in [0.1, 0.15) is 131 Å². The highest BCUT2D eigenvalue weighted by atomic mass is 31.2. The number of hydrogen-bond donors (Lipinski definition) is 2. The first-order valence-electron chi connectivity index (χ1n) is 13.4. The van der Waals surface area contributed by atoms with Crippen molar-refractivity contribution in [2.75, 3.05) is 0 Å². The summed E-state index contributed by atoms with van der Waals surface area (Å²) in [7, 11) is -2.53. The molecule has 0 unspecified atom stereocenters. The second kappa shape index (κ2) is 10.6. The summed E-state index contributed by atoms with van der Waals surface area (Å²) in [5.74, 6) is 0. The van der Waals surface area contributed by atoms with Gasteiger partial charge in [0.15, 0.2) is 0 Å². The Bertz CT molecular complexity index is 971. The van der Waals surface area contributed by atoms with E-state index in [-0.39, 0.29) is 10.8 Å². The Balaban J connectivity index is 2.29. The molecular weight excluding hydrogens is 451 g/mol. The quantitative estimate of drug-likeness (QED) is 0.283. The minimum Gasteiger partial charge on any atom is -0.328 e. The third kappa shape index (κ3) is 6.02. The van der Waals surface area contributed by atoms with Crippen LogP contribution in [-0.2, 0) is 27.4 Å². The molecule has 0 saturated heterocycles. The zero-order chi connectivity index (χ0) is 26.2. The van der Waals surface area contributed by atoms with Crippen LogP contribution in [0.5, 0.6) is 0 Å². The maximum Gasteiger partial charge on any atom is 0.328 e. The normalized spacial score (nSPS) is 15.3. The Labute approximate surface area is 215 Å². The minimum atomic E-state index is -2.53. The first kappa shape index (κ1) is 28.3. The van der Waals surface area contributed by atoms with Crippen LogP contribution in [0.15, 0.2) is 24.3 Å². The van der Waals surface area contributed by atoms with Gasteiger partial charge in [-0.15, -0.1) is 0 Å². The van der Waals surface area contributed by atoms with E-state index in [0.29, 0.717) is 0 Å². The number of unbranched alkanes of at least 4 members (excludes halogenated alkanes) is 4. The highest BCUT2D eigenvalue weighted by molar-refractivity contribution is 7.39. The van der Waals surface area contributed by atoms with E-state index >= 15 is 0 Å². The summed E-state index contributed by atoms with van der Waals surface area (Å²) in [5.41, 5.74) is 9.04. The molecule has 0 radical (unpaired) electrons. The molecule has 0 atom stereocenters. The molecule has 0 spiro atoms. The molecule has 3 rings (SSSR count). The Kier molecular flexibility index (Phi) is 8.60. The molecule has 35 heavy (non-hydrogen) atoms. The van der Waals surface area contributed by atoms with Crippen LogP contribution in [0.4, 0.5) is 0 Å². The summed E-state index contributed by atoms with van der Waals surface area (Å²) in [6.07, 6.45) is 7.34. The summed E-state index contributed by atoms with van der Waals surface area (Å²) < 4.78 is 6.33. The van der Waals surface area contributed by atoms with Gasteiger partial charge in [0.25, 0.3) is 0 Å². The van der Waals surface area contributed by atoms with Gasteiger partial charge in [-0.3, -0.25) is 4.52 Å². The Morgan fingerprint density at radius 2 is 1.23 bits per heavy atom. The third-order valence-electron chi connectivity index (χ3n) is 7.62. The lowest BCUT2D eigenvalue weighted by molar-refractivity contribution is 0.0741. The number of benzene rings is 2. The molecule has 3 nitrogen and oxygen atoms in total. The fraction of sp³-hybridized carbons (Fsp3) is 0.613. The Morgan fingerprint density at radius 3 is 1.63 bits per heavy atom. The van der Waals surface area contributed by atoms with Crippen molar-refractivity contribution >= 4 is 8.60 Å². The van der Waals surface area contributed by atoms with E-state index in [1.807, 2.05) is 0 Å². The van der Waals surface area contributed by atoms with Gasteiger partial charge in [-0.2, -0.15) is 0 Å². The maximum absolute atomic E-state index is 10.3. The third-order valence-corrected chi connectivity index (χ3v) is 8.10. The van der Waals surface area contributed by atoms with Crippen molar-refractivity contribution in [2.24, 2.45) is 0 Å². The SMILES string of the molecule is CCCCCCCC1(OP(O)O)c2c(C)cc(C(C)(C)C)cc2Cc2cc(C(C)(C)C)cc(C)c21. The van der Waals surface area contributed by atoms with Crippen LogP contribution in [0.25, 0.3) is 0 Å². The summed E-state index contributed by atoms with van der Waals surface area (Å²) in [4.78, 5) is 20.6. The first-order chi connectivity index (χ1) is 16.2. The second-order valence-corrected chi connectivity index (χ2v) is 13.4. The molecule has 0 heterocycles. The zero-order valence-corrected chi connectivity index (χ0v) is 24.4. The van der Waals surface area contributed by atoms with E-state index in [1.54, 1.807) is 0 Å². The van der Waals surface area contributed by atoms with Gasteiger partial charge in [0.05, 0.1) is 0 Å².